The van der Waals surface area contributed by atoms with Crippen molar-refractivity contribution in [3.05, 3.63) is 58.7 Å². The first-order valence-electron chi connectivity index (χ1n) is 8.62. The predicted molar refractivity (Wildman–Crippen MR) is 104 cm³/mol. The zero-order valence-corrected chi connectivity index (χ0v) is 16.9. The molecule has 0 aliphatic heterocycles. The highest BCUT2D eigenvalue weighted by molar-refractivity contribution is 6.31. The van der Waals surface area contributed by atoms with Gasteiger partial charge in [0.05, 0.1) is 22.3 Å². The zero-order chi connectivity index (χ0) is 21.5. The monoisotopic (exact) mass is 421 g/mol. The van der Waals surface area contributed by atoms with E-state index in [9.17, 15) is 18.4 Å². The van der Waals surface area contributed by atoms with E-state index in [2.05, 4.69) is 5.10 Å². The number of amides is 2. The minimum Gasteiger partial charge on any atom is -0.443 e. The number of fused-ring (bicyclic) bond motifs is 1. The molecular weight excluding hydrogens is 404 g/mol. The van der Waals surface area contributed by atoms with Gasteiger partial charge in [-0.3, -0.25) is 4.79 Å². The lowest BCUT2D eigenvalue weighted by Gasteiger charge is -2.23. The van der Waals surface area contributed by atoms with Crippen LogP contribution in [0.2, 0.25) is 5.02 Å². The lowest BCUT2D eigenvalue weighted by atomic mass is 10.1. The fourth-order valence-corrected chi connectivity index (χ4v) is 2.80. The first-order chi connectivity index (χ1) is 13.5. The van der Waals surface area contributed by atoms with E-state index in [1.54, 1.807) is 20.8 Å². The van der Waals surface area contributed by atoms with Crippen molar-refractivity contribution in [3.8, 4) is 11.3 Å². The molecule has 0 unspecified atom stereocenters. The quantitative estimate of drug-likeness (QED) is 0.588. The van der Waals surface area contributed by atoms with E-state index >= 15 is 0 Å². The number of rotatable bonds is 2. The number of benzene rings is 1. The van der Waals surface area contributed by atoms with Crippen LogP contribution in [0.5, 0.6) is 0 Å². The third kappa shape index (κ3) is 4.22. The Hall–Kier alpha value is -3.00. The average Bonchev–Trinajstić information content (AvgIpc) is 2.98. The van der Waals surface area contributed by atoms with Crippen LogP contribution in [-0.4, -0.2) is 39.2 Å². The summed E-state index contributed by atoms with van der Waals surface area (Å²) in [6.45, 7) is 5.01. The highest BCUT2D eigenvalue weighted by Gasteiger charge is 2.30. The molecule has 0 spiro atoms. The minimum atomic E-state index is -0.861. The van der Waals surface area contributed by atoms with Gasteiger partial charge in [0.15, 0.2) is 5.82 Å². The van der Waals surface area contributed by atoms with Crippen LogP contribution in [0.3, 0.4) is 0 Å². The maximum Gasteiger partial charge on any atom is 0.417 e. The van der Waals surface area contributed by atoms with Crippen molar-refractivity contribution in [3.63, 3.8) is 0 Å². The summed E-state index contributed by atoms with van der Waals surface area (Å²) < 4.78 is 33.6. The number of pyridine rings is 1. The van der Waals surface area contributed by atoms with E-state index in [1.807, 2.05) is 0 Å². The van der Waals surface area contributed by atoms with Crippen LogP contribution in [0.25, 0.3) is 16.8 Å². The molecule has 0 aliphatic rings. The van der Waals surface area contributed by atoms with Crippen LogP contribution in [0.15, 0.2) is 36.5 Å². The Balaban J connectivity index is 2.17. The Morgan fingerprint density at radius 2 is 1.79 bits per heavy atom. The summed E-state index contributed by atoms with van der Waals surface area (Å²) in [6, 6.07) is 6.52. The molecule has 6 nitrogen and oxygen atoms in total. The minimum absolute atomic E-state index is 0.00636. The number of hydrogen-bond donors (Lipinski definition) is 0. The van der Waals surface area contributed by atoms with Gasteiger partial charge in [0.1, 0.15) is 17.1 Å². The van der Waals surface area contributed by atoms with Gasteiger partial charge in [0.2, 0.25) is 0 Å². The average molecular weight is 422 g/mol. The normalized spacial score (nSPS) is 11.6. The van der Waals surface area contributed by atoms with Gasteiger partial charge in [-0.2, -0.15) is 5.10 Å². The molecule has 0 aliphatic carbocycles. The molecule has 0 atom stereocenters. The van der Waals surface area contributed by atoms with E-state index in [0.29, 0.717) is 5.56 Å². The molecule has 3 aromatic rings. The van der Waals surface area contributed by atoms with Gasteiger partial charge in [-0.25, -0.2) is 23.0 Å². The summed E-state index contributed by atoms with van der Waals surface area (Å²) in [5, 5.41) is 4.04. The number of aromatic nitrogens is 2. The molecule has 152 valence electrons. The Morgan fingerprint density at radius 3 is 2.38 bits per heavy atom. The summed E-state index contributed by atoms with van der Waals surface area (Å²) in [5.74, 6) is -1.92. The van der Waals surface area contributed by atoms with E-state index in [4.69, 9.17) is 16.3 Å². The van der Waals surface area contributed by atoms with Crippen LogP contribution in [-0.2, 0) is 4.74 Å². The molecule has 0 N–H and O–H groups in total. The third-order valence-electron chi connectivity index (χ3n) is 3.98. The third-order valence-corrected chi connectivity index (χ3v) is 4.27. The molecule has 3 rings (SSSR count). The van der Waals surface area contributed by atoms with Crippen molar-refractivity contribution in [1.29, 1.82) is 0 Å². The van der Waals surface area contributed by atoms with E-state index in [-0.39, 0.29) is 21.8 Å². The number of hydrogen-bond acceptors (Lipinski definition) is 4. The summed E-state index contributed by atoms with van der Waals surface area (Å²) in [4.78, 5) is 26.3. The van der Waals surface area contributed by atoms with Crippen molar-refractivity contribution >= 4 is 29.1 Å². The maximum atomic E-state index is 13.9. The van der Waals surface area contributed by atoms with Crippen LogP contribution < -0.4 is 0 Å². The van der Waals surface area contributed by atoms with Gasteiger partial charge in [0.25, 0.3) is 5.91 Å². The van der Waals surface area contributed by atoms with Gasteiger partial charge in [0, 0.05) is 12.6 Å². The summed E-state index contributed by atoms with van der Waals surface area (Å²) in [7, 11) is 1.26. The largest absolute Gasteiger partial charge is 0.443 e. The smallest absolute Gasteiger partial charge is 0.417 e. The fourth-order valence-electron chi connectivity index (χ4n) is 2.64. The molecule has 2 heterocycles. The van der Waals surface area contributed by atoms with E-state index < -0.39 is 29.2 Å². The molecule has 0 saturated heterocycles. The molecule has 9 heteroatoms. The maximum absolute atomic E-state index is 13.9. The second-order valence-corrected chi connectivity index (χ2v) is 7.78. The Morgan fingerprint density at radius 1 is 1.17 bits per heavy atom. The van der Waals surface area contributed by atoms with Crippen molar-refractivity contribution in [2.24, 2.45) is 0 Å². The predicted octanol–water partition coefficient (Wildman–Crippen LogP) is 4.94. The van der Waals surface area contributed by atoms with Crippen LogP contribution in [0, 0.1) is 11.6 Å². The molecule has 0 bridgehead atoms. The molecule has 2 aromatic heterocycles. The molecule has 1 aromatic carbocycles. The number of halogens is 3. The van der Waals surface area contributed by atoms with Crippen molar-refractivity contribution in [1.82, 2.24) is 14.5 Å². The number of carbonyl (C=O) groups excluding carboxylic acids is 2. The second kappa shape index (κ2) is 7.44. The van der Waals surface area contributed by atoms with Crippen molar-refractivity contribution in [2.75, 3.05) is 7.05 Å². The van der Waals surface area contributed by atoms with Gasteiger partial charge in [-0.1, -0.05) is 11.6 Å². The van der Waals surface area contributed by atoms with E-state index in [0.717, 1.165) is 15.6 Å². The molecule has 2 amide bonds. The Bertz CT molecular complexity index is 1100. The number of imide groups is 1. The van der Waals surface area contributed by atoms with E-state index in [1.165, 1.54) is 37.4 Å². The molecule has 29 heavy (non-hydrogen) atoms. The van der Waals surface area contributed by atoms with Crippen molar-refractivity contribution < 1.29 is 23.1 Å². The Kier molecular flexibility index (Phi) is 5.32. The second-order valence-electron chi connectivity index (χ2n) is 7.37. The van der Waals surface area contributed by atoms with Gasteiger partial charge < -0.3 is 4.74 Å². The van der Waals surface area contributed by atoms with Crippen LogP contribution in [0.1, 0.15) is 31.1 Å². The lowest BCUT2D eigenvalue weighted by molar-refractivity contribution is 0.0285. The molecule has 0 saturated carbocycles. The summed E-state index contributed by atoms with van der Waals surface area (Å²) >= 11 is 5.89. The molecular formula is C20H18ClF2N3O3. The summed E-state index contributed by atoms with van der Waals surface area (Å²) in [6.07, 6.45) is 0.162. The number of nitrogens with zero attached hydrogens (tertiary/aromatic N) is 3. The van der Waals surface area contributed by atoms with Gasteiger partial charge in [-0.15, -0.1) is 0 Å². The summed E-state index contributed by atoms with van der Waals surface area (Å²) in [5.41, 5.74) is -0.0542. The molecule has 0 fully saturated rings. The first kappa shape index (κ1) is 20.7. The van der Waals surface area contributed by atoms with Crippen LogP contribution in [0.4, 0.5) is 13.6 Å². The molecule has 0 radical (unpaired) electrons. The fraction of sp³-hybridized carbons (Fsp3) is 0.250. The number of carbonyl (C=O) groups is 2. The number of ether oxygens (including phenoxy) is 1. The first-order valence-corrected chi connectivity index (χ1v) is 9.00. The van der Waals surface area contributed by atoms with Gasteiger partial charge in [-0.05, 0) is 51.1 Å². The highest BCUT2D eigenvalue weighted by Crippen LogP contribution is 2.30. The highest BCUT2D eigenvalue weighted by atomic mass is 35.5. The zero-order valence-electron chi connectivity index (χ0n) is 16.2. The van der Waals surface area contributed by atoms with Crippen molar-refractivity contribution in [2.45, 2.75) is 26.4 Å². The SMILES string of the molecule is CN(C(=O)OC(C)(C)C)C(=O)c1c(-c2ccc(F)cc2)nn2cc(F)c(Cl)cc12. The van der Waals surface area contributed by atoms with Crippen LogP contribution >= 0.6 is 11.6 Å². The Labute approximate surface area is 170 Å². The van der Waals surface area contributed by atoms with Gasteiger partial charge >= 0.3 is 6.09 Å². The topological polar surface area (TPSA) is 63.9 Å². The lowest BCUT2D eigenvalue weighted by Crippen LogP contribution is -2.38. The standard InChI is InChI=1S/C20H18ClF2N3O3/c1-20(2,3)29-19(28)25(4)18(27)16-15-9-13(21)14(23)10-26(15)24-17(16)11-5-7-12(22)8-6-11/h5-10H,1-4H3.